The van der Waals surface area contributed by atoms with Crippen molar-refractivity contribution in [2.45, 2.75) is 32.1 Å². The smallest absolute Gasteiger partial charge is 0.143 e. The first-order chi connectivity index (χ1) is 24.1. The molecule has 10 rings (SSSR count). The third-order valence-electron chi connectivity index (χ3n) is 11.0. The molecule has 0 spiro atoms. The molecule has 0 atom stereocenters. The molecule has 0 fully saturated rings. The fourth-order valence-electron chi connectivity index (χ4n) is 8.61. The molecule has 0 bridgehead atoms. The molecule has 0 saturated carbocycles. The fourth-order valence-corrected chi connectivity index (χ4v) is 8.61. The predicted octanol–water partition coefficient (Wildman–Crippen LogP) is 13.1. The molecule has 0 radical (unpaired) electrons. The van der Waals surface area contributed by atoms with E-state index in [2.05, 4.69) is 170 Å². The Hall–Kier alpha value is -5.86. The second-order valence-corrected chi connectivity index (χ2v) is 14.0. The average Bonchev–Trinajstić information content (AvgIpc) is 3.64. The lowest BCUT2D eigenvalue weighted by molar-refractivity contribution is 0.601. The van der Waals surface area contributed by atoms with Crippen LogP contribution in [0, 0.1) is 0 Å². The van der Waals surface area contributed by atoms with Gasteiger partial charge in [0.1, 0.15) is 11.2 Å². The van der Waals surface area contributed by atoms with Crippen LogP contribution >= 0.6 is 0 Å². The highest BCUT2D eigenvalue weighted by Gasteiger charge is 2.41. The van der Waals surface area contributed by atoms with E-state index >= 15 is 0 Å². The Labute approximate surface area is 286 Å². The summed E-state index contributed by atoms with van der Waals surface area (Å²) in [7, 11) is 0. The molecule has 1 aromatic heterocycles. The molecule has 2 nitrogen and oxygen atoms in total. The number of hydrogen-bond acceptors (Lipinski definition) is 2. The molecule has 0 amide bonds. The number of nitrogens with zero attached hydrogens (tertiary/aromatic N) is 1. The van der Waals surface area contributed by atoms with E-state index in [0.29, 0.717) is 0 Å². The SMILES string of the molecule is CC1(C)C2=C(C=C(N(c3ccc(-c4ccccc4)cc3)c3cc4ccccc4c4ccccc34)CC2)c2c1ccc1c2oc2ccccc21. The minimum Gasteiger partial charge on any atom is -0.455 e. The van der Waals surface area contributed by atoms with Gasteiger partial charge in [0.15, 0.2) is 0 Å². The van der Waals surface area contributed by atoms with Gasteiger partial charge >= 0.3 is 0 Å². The van der Waals surface area contributed by atoms with Crippen LogP contribution in [0.1, 0.15) is 37.8 Å². The minimum absolute atomic E-state index is 0.0718. The first-order valence-electron chi connectivity index (χ1n) is 17.3. The van der Waals surface area contributed by atoms with Crippen molar-refractivity contribution in [2.75, 3.05) is 4.90 Å². The van der Waals surface area contributed by atoms with Crippen LogP contribution in [-0.2, 0) is 5.41 Å². The summed E-state index contributed by atoms with van der Waals surface area (Å²) in [5.74, 6) is 0. The van der Waals surface area contributed by atoms with E-state index in [-0.39, 0.29) is 5.41 Å². The Kier molecular flexibility index (Phi) is 6.08. The molecule has 7 aromatic carbocycles. The molecule has 2 aliphatic carbocycles. The molecule has 49 heavy (non-hydrogen) atoms. The van der Waals surface area contributed by atoms with Crippen LogP contribution in [0.25, 0.3) is 60.2 Å². The number of para-hydroxylation sites is 1. The van der Waals surface area contributed by atoms with Crippen LogP contribution in [-0.4, -0.2) is 0 Å². The van der Waals surface area contributed by atoms with Crippen molar-refractivity contribution in [3.05, 3.63) is 174 Å². The number of furan rings is 1. The molecule has 0 aliphatic heterocycles. The number of fused-ring (bicyclic) bond motifs is 9. The van der Waals surface area contributed by atoms with Crippen molar-refractivity contribution < 1.29 is 4.42 Å². The summed E-state index contributed by atoms with van der Waals surface area (Å²) in [4.78, 5) is 2.52. The summed E-state index contributed by atoms with van der Waals surface area (Å²) in [5.41, 5.74) is 13.4. The Morgan fingerprint density at radius 2 is 1.24 bits per heavy atom. The minimum atomic E-state index is -0.0718. The second-order valence-electron chi connectivity index (χ2n) is 14.0. The van der Waals surface area contributed by atoms with Gasteiger partial charge in [-0.1, -0.05) is 141 Å². The zero-order valence-electron chi connectivity index (χ0n) is 27.7. The Balaban J connectivity index is 1.22. The van der Waals surface area contributed by atoms with Gasteiger partial charge in [0.25, 0.3) is 0 Å². The lowest BCUT2D eigenvalue weighted by atomic mass is 9.78. The lowest BCUT2D eigenvalue weighted by Gasteiger charge is -2.33. The molecule has 1 heterocycles. The van der Waals surface area contributed by atoms with E-state index < -0.39 is 0 Å². The van der Waals surface area contributed by atoms with Crippen LogP contribution in [0.3, 0.4) is 0 Å². The topological polar surface area (TPSA) is 16.4 Å². The van der Waals surface area contributed by atoms with Crippen LogP contribution < -0.4 is 4.90 Å². The van der Waals surface area contributed by atoms with E-state index in [1.807, 2.05) is 0 Å². The van der Waals surface area contributed by atoms with Crippen molar-refractivity contribution in [1.29, 1.82) is 0 Å². The standard InChI is InChI=1S/C47H35NO/c1-47(2)41-26-24-34(29-40(41)45-42(47)27-25-39-38-18-10-11-19-44(38)49-46(39)45)48(33-22-20-31(21-23-33)30-12-4-3-5-13-30)43-28-32-14-6-7-15-35(32)36-16-8-9-17-37(36)43/h3-23,25,27-29H,24,26H2,1-2H3. The molecular weight excluding hydrogens is 595 g/mol. The Bertz CT molecular complexity index is 2670. The van der Waals surface area contributed by atoms with Gasteiger partial charge in [0.2, 0.25) is 0 Å². The number of allylic oxidation sites excluding steroid dienone is 4. The Morgan fingerprint density at radius 1 is 0.571 bits per heavy atom. The highest BCUT2D eigenvalue weighted by molar-refractivity contribution is 6.15. The van der Waals surface area contributed by atoms with Gasteiger partial charge in [0, 0.05) is 38.5 Å². The lowest BCUT2D eigenvalue weighted by Crippen LogP contribution is -2.22. The molecule has 0 saturated heterocycles. The van der Waals surface area contributed by atoms with Crippen LogP contribution in [0.15, 0.2) is 167 Å². The molecular formula is C47H35NO. The molecule has 0 N–H and O–H groups in total. The highest BCUT2D eigenvalue weighted by atomic mass is 16.3. The molecule has 8 aromatic rings. The van der Waals surface area contributed by atoms with E-state index in [1.165, 1.54) is 77.1 Å². The van der Waals surface area contributed by atoms with Gasteiger partial charge in [-0.25, -0.2) is 0 Å². The van der Waals surface area contributed by atoms with Gasteiger partial charge in [-0.15, -0.1) is 0 Å². The average molecular weight is 630 g/mol. The number of anilines is 2. The van der Waals surface area contributed by atoms with Crippen LogP contribution in [0.5, 0.6) is 0 Å². The quantitative estimate of drug-likeness (QED) is 0.180. The van der Waals surface area contributed by atoms with Gasteiger partial charge in [-0.05, 0) is 81.6 Å². The zero-order valence-corrected chi connectivity index (χ0v) is 27.7. The van der Waals surface area contributed by atoms with E-state index in [9.17, 15) is 0 Å². The van der Waals surface area contributed by atoms with E-state index in [4.69, 9.17) is 4.42 Å². The number of hydrogen-bond donors (Lipinski definition) is 0. The summed E-state index contributed by atoms with van der Waals surface area (Å²) in [6.07, 6.45) is 4.42. The molecule has 234 valence electrons. The van der Waals surface area contributed by atoms with Gasteiger partial charge in [-0.2, -0.15) is 0 Å². The molecule has 2 aliphatic rings. The first kappa shape index (κ1) is 28.2. The van der Waals surface area contributed by atoms with E-state index in [1.54, 1.807) is 0 Å². The molecule has 2 heteroatoms. The maximum absolute atomic E-state index is 6.69. The zero-order chi connectivity index (χ0) is 32.7. The maximum atomic E-state index is 6.69. The monoisotopic (exact) mass is 629 g/mol. The fraction of sp³-hybridized carbons (Fsp3) is 0.106. The summed E-state index contributed by atoms with van der Waals surface area (Å²) in [6, 6.07) is 52.8. The van der Waals surface area contributed by atoms with Crippen LogP contribution in [0.2, 0.25) is 0 Å². The highest BCUT2D eigenvalue weighted by Crippen LogP contribution is 2.55. The first-order valence-corrected chi connectivity index (χ1v) is 17.3. The third kappa shape index (κ3) is 4.20. The number of benzene rings is 7. The summed E-state index contributed by atoms with van der Waals surface area (Å²) < 4.78 is 6.69. The van der Waals surface area contributed by atoms with Gasteiger partial charge in [-0.3, -0.25) is 0 Å². The van der Waals surface area contributed by atoms with Crippen LogP contribution in [0.4, 0.5) is 11.4 Å². The summed E-state index contributed by atoms with van der Waals surface area (Å²) >= 11 is 0. The van der Waals surface area contributed by atoms with Crippen molar-refractivity contribution in [1.82, 2.24) is 0 Å². The number of rotatable bonds is 4. The maximum Gasteiger partial charge on any atom is 0.143 e. The second kappa shape index (κ2) is 10.6. The normalized spacial score (nSPS) is 15.2. The van der Waals surface area contributed by atoms with Crippen molar-refractivity contribution in [3.63, 3.8) is 0 Å². The van der Waals surface area contributed by atoms with Crippen molar-refractivity contribution in [2.24, 2.45) is 0 Å². The third-order valence-corrected chi connectivity index (χ3v) is 11.0. The van der Waals surface area contributed by atoms with Crippen molar-refractivity contribution >= 4 is 60.4 Å². The van der Waals surface area contributed by atoms with Crippen molar-refractivity contribution in [3.8, 4) is 11.1 Å². The summed E-state index contributed by atoms with van der Waals surface area (Å²) in [5, 5.41) is 7.41. The van der Waals surface area contributed by atoms with Gasteiger partial charge < -0.3 is 9.32 Å². The Morgan fingerprint density at radius 3 is 2.06 bits per heavy atom. The largest absolute Gasteiger partial charge is 0.455 e. The predicted molar refractivity (Wildman–Crippen MR) is 206 cm³/mol. The van der Waals surface area contributed by atoms with Gasteiger partial charge in [0.05, 0.1) is 5.69 Å². The van der Waals surface area contributed by atoms with E-state index in [0.717, 1.165) is 29.7 Å². The molecule has 0 unspecified atom stereocenters. The summed E-state index contributed by atoms with van der Waals surface area (Å²) in [6.45, 7) is 4.77.